The summed E-state index contributed by atoms with van der Waals surface area (Å²) in [5.41, 5.74) is 2.04. The first-order valence-electron chi connectivity index (χ1n) is 10.5. The summed E-state index contributed by atoms with van der Waals surface area (Å²) in [5, 5.41) is 8.32. The molecule has 1 N–H and O–H groups in total. The summed E-state index contributed by atoms with van der Waals surface area (Å²) in [7, 11) is 0. The zero-order valence-corrected chi connectivity index (χ0v) is 18.3. The standard InChI is InChI=1S/C24H29N3O4/c1-4-30-12-13-31-16-19-9-7-8-18(14-19)15-25-23(28)22-20-10-5-6-11-21(20)24(29)27(26-22)17(2)3/h5-11,14,17H,4,12-13,15-16H2,1-3H3,(H,25,28). The highest BCUT2D eigenvalue weighted by Crippen LogP contribution is 2.15. The largest absolute Gasteiger partial charge is 0.379 e. The summed E-state index contributed by atoms with van der Waals surface area (Å²) in [5.74, 6) is -0.316. The van der Waals surface area contributed by atoms with E-state index in [1.54, 1.807) is 24.3 Å². The van der Waals surface area contributed by atoms with Gasteiger partial charge in [0.25, 0.3) is 11.5 Å². The summed E-state index contributed by atoms with van der Waals surface area (Å²) in [6, 6.07) is 14.8. The number of benzene rings is 2. The highest BCUT2D eigenvalue weighted by molar-refractivity contribution is 6.04. The summed E-state index contributed by atoms with van der Waals surface area (Å²) >= 11 is 0. The summed E-state index contributed by atoms with van der Waals surface area (Å²) < 4.78 is 12.2. The first-order valence-corrected chi connectivity index (χ1v) is 10.5. The van der Waals surface area contributed by atoms with Gasteiger partial charge in [-0.15, -0.1) is 0 Å². The van der Waals surface area contributed by atoms with Crippen molar-refractivity contribution < 1.29 is 14.3 Å². The molecule has 1 heterocycles. The quantitative estimate of drug-likeness (QED) is 0.505. The van der Waals surface area contributed by atoms with Crippen LogP contribution in [0.25, 0.3) is 10.8 Å². The zero-order chi connectivity index (χ0) is 22.2. The van der Waals surface area contributed by atoms with Crippen molar-refractivity contribution in [2.24, 2.45) is 0 Å². The van der Waals surface area contributed by atoms with Crippen LogP contribution in [-0.4, -0.2) is 35.5 Å². The Morgan fingerprint density at radius 3 is 2.48 bits per heavy atom. The zero-order valence-electron chi connectivity index (χ0n) is 18.3. The molecule has 0 saturated carbocycles. The molecule has 0 saturated heterocycles. The fourth-order valence-electron chi connectivity index (χ4n) is 3.27. The molecule has 0 aliphatic carbocycles. The van der Waals surface area contributed by atoms with Gasteiger partial charge in [0.15, 0.2) is 5.69 Å². The maximum atomic E-state index is 12.9. The van der Waals surface area contributed by atoms with E-state index in [1.807, 2.05) is 45.0 Å². The van der Waals surface area contributed by atoms with Crippen LogP contribution in [0.5, 0.6) is 0 Å². The highest BCUT2D eigenvalue weighted by atomic mass is 16.5. The summed E-state index contributed by atoms with van der Waals surface area (Å²) in [4.78, 5) is 25.6. The second kappa shape index (κ2) is 10.8. The Morgan fingerprint density at radius 2 is 1.74 bits per heavy atom. The van der Waals surface area contributed by atoms with Crippen LogP contribution in [0.1, 0.15) is 48.4 Å². The van der Waals surface area contributed by atoms with Crippen molar-refractivity contribution in [3.8, 4) is 0 Å². The Bertz CT molecular complexity index is 1090. The second-order valence-corrected chi connectivity index (χ2v) is 7.49. The predicted molar refractivity (Wildman–Crippen MR) is 120 cm³/mol. The van der Waals surface area contributed by atoms with Crippen molar-refractivity contribution in [1.29, 1.82) is 0 Å². The number of carbonyl (C=O) groups excluding carboxylic acids is 1. The fourth-order valence-corrected chi connectivity index (χ4v) is 3.27. The molecule has 7 heteroatoms. The van der Waals surface area contributed by atoms with Gasteiger partial charge >= 0.3 is 0 Å². The van der Waals surface area contributed by atoms with E-state index in [0.717, 1.165) is 11.1 Å². The molecule has 3 aromatic rings. The number of amides is 1. The third-order valence-electron chi connectivity index (χ3n) is 4.82. The topological polar surface area (TPSA) is 82.4 Å². The molecule has 0 fully saturated rings. The Labute approximate surface area is 182 Å². The van der Waals surface area contributed by atoms with Crippen LogP contribution < -0.4 is 10.9 Å². The van der Waals surface area contributed by atoms with E-state index in [9.17, 15) is 9.59 Å². The number of nitrogens with zero attached hydrogens (tertiary/aromatic N) is 2. The van der Waals surface area contributed by atoms with Gasteiger partial charge in [0, 0.05) is 18.5 Å². The highest BCUT2D eigenvalue weighted by Gasteiger charge is 2.17. The van der Waals surface area contributed by atoms with Crippen molar-refractivity contribution >= 4 is 16.7 Å². The van der Waals surface area contributed by atoms with Crippen molar-refractivity contribution in [2.75, 3.05) is 19.8 Å². The summed E-state index contributed by atoms with van der Waals surface area (Å²) in [6.45, 7) is 8.32. The molecule has 164 valence electrons. The first kappa shape index (κ1) is 22.7. The maximum absolute atomic E-state index is 12.9. The van der Waals surface area contributed by atoms with Crippen LogP contribution in [0.15, 0.2) is 53.3 Å². The minimum absolute atomic E-state index is 0.150. The Kier molecular flexibility index (Phi) is 7.92. The molecule has 1 aromatic heterocycles. The molecule has 31 heavy (non-hydrogen) atoms. The monoisotopic (exact) mass is 423 g/mol. The Hall–Kier alpha value is -3.03. The molecule has 1 amide bonds. The Balaban J connectivity index is 1.72. The van der Waals surface area contributed by atoms with Crippen LogP contribution >= 0.6 is 0 Å². The lowest BCUT2D eigenvalue weighted by Gasteiger charge is -2.13. The second-order valence-electron chi connectivity index (χ2n) is 7.49. The van der Waals surface area contributed by atoms with Gasteiger partial charge in [-0.2, -0.15) is 5.10 Å². The number of carbonyl (C=O) groups is 1. The van der Waals surface area contributed by atoms with Gasteiger partial charge in [0.2, 0.25) is 0 Å². The van der Waals surface area contributed by atoms with Crippen LogP contribution in [0.3, 0.4) is 0 Å². The first-order chi connectivity index (χ1) is 15.0. The molecule has 0 radical (unpaired) electrons. The van der Waals surface area contributed by atoms with Crippen LogP contribution in [0, 0.1) is 0 Å². The number of hydrogen-bond acceptors (Lipinski definition) is 5. The van der Waals surface area contributed by atoms with Crippen LogP contribution in [-0.2, 0) is 22.6 Å². The SMILES string of the molecule is CCOCCOCc1cccc(CNC(=O)c2nn(C(C)C)c(=O)c3ccccc23)c1. The van der Waals surface area contributed by atoms with Gasteiger partial charge in [0.1, 0.15) is 0 Å². The number of aromatic nitrogens is 2. The molecule has 0 aliphatic rings. The minimum atomic E-state index is -0.316. The van der Waals surface area contributed by atoms with Crippen molar-refractivity contribution in [3.63, 3.8) is 0 Å². The molecule has 0 unspecified atom stereocenters. The number of ether oxygens (including phenoxy) is 2. The van der Waals surface area contributed by atoms with E-state index in [1.165, 1.54) is 4.68 Å². The molecule has 0 bridgehead atoms. The van der Waals surface area contributed by atoms with E-state index in [0.29, 0.717) is 43.7 Å². The van der Waals surface area contributed by atoms with Gasteiger partial charge in [-0.3, -0.25) is 9.59 Å². The van der Waals surface area contributed by atoms with E-state index in [2.05, 4.69) is 10.4 Å². The maximum Gasteiger partial charge on any atom is 0.274 e. The molecule has 0 spiro atoms. The molecule has 0 aliphatic heterocycles. The summed E-state index contributed by atoms with van der Waals surface area (Å²) in [6.07, 6.45) is 0. The molecule has 0 atom stereocenters. The van der Waals surface area contributed by atoms with Crippen LogP contribution in [0.2, 0.25) is 0 Å². The smallest absolute Gasteiger partial charge is 0.274 e. The van der Waals surface area contributed by atoms with E-state index in [-0.39, 0.29) is 23.2 Å². The van der Waals surface area contributed by atoms with E-state index in [4.69, 9.17) is 9.47 Å². The van der Waals surface area contributed by atoms with Gasteiger partial charge < -0.3 is 14.8 Å². The van der Waals surface area contributed by atoms with Crippen molar-refractivity contribution in [1.82, 2.24) is 15.1 Å². The Morgan fingerprint density at radius 1 is 1.03 bits per heavy atom. The number of fused-ring (bicyclic) bond motifs is 1. The number of nitrogens with one attached hydrogen (secondary N) is 1. The lowest BCUT2D eigenvalue weighted by molar-refractivity contribution is 0.0453. The number of hydrogen-bond donors (Lipinski definition) is 1. The number of rotatable bonds is 10. The van der Waals surface area contributed by atoms with Crippen LogP contribution in [0.4, 0.5) is 0 Å². The minimum Gasteiger partial charge on any atom is -0.379 e. The third-order valence-corrected chi connectivity index (χ3v) is 4.82. The molecular weight excluding hydrogens is 394 g/mol. The fraction of sp³-hybridized carbons (Fsp3) is 0.375. The molecular formula is C24H29N3O4. The van der Waals surface area contributed by atoms with Gasteiger partial charge in [-0.1, -0.05) is 42.5 Å². The molecule has 3 rings (SSSR count). The van der Waals surface area contributed by atoms with Gasteiger partial charge in [0.05, 0.1) is 31.2 Å². The normalized spacial score (nSPS) is 11.2. The average molecular weight is 424 g/mol. The predicted octanol–water partition coefficient (Wildman–Crippen LogP) is 3.46. The van der Waals surface area contributed by atoms with Crippen molar-refractivity contribution in [2.45, 2.75) is 40.0 Å². The third kappa shape index (κ3) is 5.77. The van der Waals surface area contributed by atoms with Gasteiger partial charge in [-0.25, -0.2) is 4.68 Å². The molecule has 7 nitrogen and oxygen atoms in total. The van der Waals surface area contributed by atoms with Gasteiger partial charge in [-0.05, 0) is 38.0 Å². The van der Waals surface area contributed by atoms with Crippen molar-refractivity contribution in [3.05, 3.63) is 75.7 Å². The lowest BCUT2D eigenvalue weighted by atomic mass is 10.1. The lowest BCUT2D eigenvalue weighted by Crippen LogP contribution is -2.31. The molecule has 2 aromatic carbocycles. The van der Waals surface area contributed by atoms with E-state index < -0.39 is 0 Å². The average Bonchev–Trinajstić information content (AvgIpc) is 2.78. The van der Waals surface area contributed by atoms with E-state index >= 15 is 0 Å².